The van der Waals surface area contributed by atoms with Gasteiger partial charge in [0.25, 0.3) is 0 Å². The number of aromatic nitrogens is 4. The zero-order valence-electron chi connectivity index (χ0n) is 20.5. The summed E-state index contributed by atoms with van der Waals surface area (Å²) in [6, 6.07) is 3.81. The maximum atomic E-state index is 12.3. The van der Waals surface area contributed by atoms with Gasteiger partial charge in [0.1, 0.15) is 11.1 Å². The smallest absolute Gasteiger partial charge is 0.410 e. The Morgan fingerprint density at radius 1 is 1.28 bits per heavy atom. The molecule has 0 radical (unpaired) electrons. The predicted octanol–water partition coefficient (Wildman–Crippen LogP) is 4.92. The molecule has 36 heavy (non-hydrogen) atoms. The maximum absolute atomic E-state index is 12.3. The number of carbonyl (C=O) groups excluding carboxylic acids is 1. The quantitative estimate of drug-likeness (QED) is 0.442. The van der Waals surface area contributed by atoms with Crippen molar-refractivity contribution >= 4 is 44.9 Å². The largest absolute Gasteiger partial charge is 0.454 e. The number of hydrogen-bond acceptors (Lipinski definition) is 8. The molecule has 0 atom stereocenters. The Morgan fingerprint density at radius 3 is 2.72 bits per heavy atom. The van der Waals surface area contributed by atoms with Crippen molar-refractivity contribution in [2.45, 2.75) is 62.2 Å². The molecule has 2 aromatic heterocycles. The summed E-state index contributed by atoms with van der Waals surface area (Å²) in [6.45, 7) is 8.03. The van der Waals surface area contributed by atoms with E-state index in [1.807, 2.05) is 37.5 Å². The molecule has 1 fully saturated rings. The van der Waals surface area contributed by atoms with E-state index in [1.165, 1.54) is 11.8 Å². The molecule has 0 unspecified atom stereocenters. The van der Waals surface area contributed by atoms with Gasteiger partial charge in [-0.15, -0.1) is 0 Å². The van der Waals surface area contributed by atoms with Crippen LogP contribution in [0.2, 0.25) is 0 Å². The first-order chi connectivity index (χ1) is 17.2. The number of nitrogens with one attached hydrogen (secondary N) is 2. The molecule has 1 amide bonds. The van der Waals surface area contributed by atoms with Gasteiger partial charge in [-0.25, -0.2) is 14.8 Å². The Bertz CT molecular complexity index is 1340. The van der Waals surface area contributed by atoms with Crippen LogP contribution in [0.3, 0.4) is 0 Å². The third-order valence-corrected chi connectivity index (χ3v) is 8.04. The lowest BCUT2D eigenvalue weighted by atomic mass is 9.94. The Labute approximate surface area is 221 Å². The van der Waals surface area contributed by atoms with Crippen molar-refractivity contribution < 1.29 is 19.0 Å². The van der Waals surface area contributed by atoms with E-state index in [0.29, 0.717) is 46.8 Å². The minimum Gasteiger partial charge on any atom is -0.454 e. The van der Waals surface area contributed by atoms with Crippen molar-refractivity contribution in [2.24, 2.45) is 5.92 Å². The van der Waals surface area contributed by atoms with Gasteiger partial charge >= 0.3 is 6.09 Å². The van der Waals surface area contributed by atoms with E-state index in [0.717, 1.165) is 35.2 Å². The van der Waals surface area contributed by atoms with Crippen molar-refractivity contribution in [3.8, 4) is 11.5 Å². The maximum Gasteiger partial charge on any atom is 0.410 e. The number of carbonyl (C=O) groups is 1. The van der Waals surface area contributed by atoms with E-state index in [1.54, 1.807) is 11.2 Å². The summed E-state index contributed by atoms with van der Waals surface area (Å²) in [6.07, 6.45) is 4.28. The van der Waals surface area contributed by atoms with Crippen molar-refractivity contribution in [3.63, 3.8) is 0 Å². The highest BCUT2D eigenvalue weighted by Gasteiger charge is 2.27. The molecule has 2 aliphatic rings. The summed E-state index contributed by atoms with van der Waals surface area (Å²) in [4.78, 5) is 27.4. The van der Waals surface area contributed by atoms with E-state index in [2.05, 4.69) is 25.9 Å². The molecule has 0 bridgehead atoms. The lowest BCUT2D eigenvalue weighted by Crippen LogP contribution is -2.41. The molecule has 192 valence electrons. The van der Waals surface area contributed by atoms with Crippen LogP contribution in [0, 0.1) is 11.3 Å². The number of imidazole rings is 1. The number of aromatic amines is 1. The number of benzene rings is 1. The molecular weight excluding hydrogens is 548 g/mol. The number of rotatable bonds is 5. The van der Waals surface area contributed by atoms with Gasteiger partial charge in [-0.3, -0.25) is 5.41 Å². The summed E-state index contributed by atoms with van der Waals surface area (Å²) in [5, 5.41) is 8.92. The molecule has 0 spiro atoms. The summed E-state index contributed by atoms with van der Waals surface area (Å²) < 4.78 is 19.3. The van der Waals surface area contributed by atoms with Gasteiger partial charge in [0, 0.05) is 29.0 Å². The number of nitrogens with zero attached hydrogens (tertiary/aromatic N) is 4. The molecule has 2 aliphatic heterocycles. The van der Waals surface area contributed by atoms with Gasteiger partial charge in [-0.2, -0.15) is 0 Å². The van der Waals surface area contributed by atoms with Crippen LogP contribution >= 0.6 is 27.7 Å². The number of piperidine rings is 1. The van der Waals surface area contributed by atoms with Crippen LogP contribution < -0.4 is 15.0 Å². The van der Waals surface area contributed by atoms with E-state index in [9.17, 15) is 4.79 Å². The number of amides is 1. The minimum absolute atomic E-state index is 0.163. The molecule has 3 aromatic rings. The first-order valence-electron chi connectivity index (χ1n) is 11.9. The lowest BCUT2D eigenvalue weighted by Gasteiger charge is -2.33. The van der Waals surface area contributed by atoms with Gasteiger partial charge in [-0.05, 0) is 74.0 Å². The Morgan fingerprint density at radius 2 is 2.00 bits per heavy atom. The molecule has 0 saturated carbocycles. The molecular formula is C24H29BrN6O4S. The molecule has 10 nitrogen and oxygen atoms in total. The van der Waals surface area contributed by atoms with Crippen molar-refractivity contribution in [3.05, 3.63) is 28.4 Å². The summed E-state index contributed by atoms with van der Waals surface area (Å²) >= 11 is 5.04. The van der Waals surface area contributed by atoms with Gasteiger partial charge < -0.3 is 28.7 Å². The van der Waals surface area contributed by atoms with E-state index in [-0.39, 0.29) is 18.4 Å². The fourth-order valence-electron chi connectivity index (χ4n) is 4.31. The number of H-pyrrole nitrogens is 1. The summed E-state index contributed by atoms with van der Waals surface area (Å²) in [7, 11) is 0. The average Bonchev–Trinajstić information content (AvgIpc) is 3.45. The SMILES string of the molecule is CC(C)(C)OC(=O)N1CCC(CCn2cnc(=N)c3[nH]c(Sc4cc5c(cc4Br)OCO5)nc32)CC1. The van der Waals surface area contributed by atoms with Crippen LogP contribution in [0.1, 0.15) is 40.0 Å². The molecule has 12 heteroatoms. The second kappa shape index (κ2) is 9.97. The number of aryl methyl sites for hydroxylation is 1. The molecule has 2 N–H and O–H groups in total. The highest BCUT2D eigenvalue weighted by atomic mass is 79.9. The van der Waals surface area contributed by atoms with Crippen LogP contribution in [0.5, 0.6) is 11.5 Å². The zero-order valence-corrected chi connectivity index (χ0v) is 22.9. The highest BCUT2D eigenvalue weighted by Crippen LogP contribution is 2.42. The van der Waals surface area contributed by atoms with Crippen LogP contribution in [0.15, 0.2) is 33.0 Å². The standard InChI is InChI=1S/C24H29BrN6O4S/c1-24(2,3)35-23(32)30-7-4-14(5-8-30)6-9-31-12-27-20(26)19-21(31)29-22(28-19)36-18-11-17-16(10-15(18)25)33-13-34-17/h10-12,14,26H,4-9,13H2,1-3H3,(H,28,29). The van der Waals surface area contributed by atoms with Crippen molar-refractivity contribution in [1.29, 1.82) is 5.41 Å². The second-order valence-corrected chi connectivity index (χ2v) is 11.8. The molecule has 1 saturated heterocycles. The monoisotopic (exact) mass is 576 g/mol. The Hall–Kier alpha value is -2.73. The second-order valence-electron chi connectivity index (χ2n) is 9.96. The minimum atomic E-state index is -0.480. The van der Waals surface area contributed by atoms with E-state index in [4.69, 9.17) is 24.6 Å². The first-order valence-corrected chi connectivity index (χ1v) is 13.5. The zero-order chi connectivity index (χ0) is 25.4. The Balaban J connectivity index is 1.25. The topological polar surface area (TPSA) is 118 Å². The summed E-state index contributed by atoms with van der Waals surface area (Å²) in [5.41, 5.74) is 1.00. The number of fused-ring (bicyclic) bond motifs is 2. The fraction of sp³-hybridized carbons (Fsp3) is 0.500. The number of ether oxygens (including phenoxy) is 3. The van der Waals surface area contributed by atoms with E-state index < -0.39 is 5.60 Å². The van der Waals surface area contributed by atoms with Gasteiger partial charge in [0.2, 0.25) is 6.79 Å². The van der Waals surface area contributed by atoms with Gasteiger partial charge in [-0.1, -0.05) is 11.8 Å². The third-order valence-electron chi connectivity index (χ3n) is 6.18. The third kappa shape index (κ3) is 5.49. The fourth-order valence-corrected chi connectivity index (χ4v) is 5.69. The number of hydrogen-bond donors (Lipinski definition) is 2. The van der Waals surface area contributed by atoms with Gasteiger partial charge in [0.15, 0.2) is 27.8 Å². The van der Waals surface area contributed by atoms with E-state index >= 15 is 0 Å². The van der Waals surface area contributed by atoms with Crippen molar-refractivity contribution in [1.82, 2.24) is 24.4 Å². The van der Waals surface area contributed by atoms with Crippen LogP contribution in [-0.2, 0) is 11.3 Å². The lowest BCUT2D eigenvalue weighted by molar-refractivity contribution is 0.0180. The molecule has 4 heterocycles. The van der Waals surface area contributed by atoms with Crippen LogP contribution in [0.25, 0.3) is 11.2 Å². The Kier molecular flexibility index (Phi) is 6.90. The number of halogens is 1. The number of likely N-dealkylation sites (tertiary alicyclic amines) is 1. The highest BCUT2D eigenvalue weighted by molar-refractivity contribution is 9.10. The van der Waals surface area contributed by atoms with Gasteiger partial charge in [0.05, 0.1) is 6.33 Å². The molecule has 1 aromatic carbocycles. The predicted molar refractivity (Wildman–Crippen MR) is 137 cm³/mol. The summed E-state index contributed by atoms with van der Waals surface area (Å²) in [5.74, 6) is 1.91. The van der Waals surface area contributed by atoms with Crippen molar-refractivity contribution in [2.75, 3.05) is 19.9 Å². The average molecular weight is 578 g/mol. The molecule has 5 rings (SSSR count). The first kappa shape index (κ1) is 24.9. The normalized spacial score (nSPS) is 16.1. The van der Waals surface area contributed by atoms with Crippen LogP contribution in [-0.4, -0.2) is 56.0 Å². The van der Waals surface area contributed by atoms with Crippen LogP contribution in [0.4, 0.5) is 4.79 Å². The molecule has 0 aliphatic carbocycles.